The number of benzene rings is 1. The van der Waals surface area contributed by atoms with Crippen LogP contribution < -0.4 is 5.32 Å². The highest BCUT2D eigenvalue weighted by Crippen LogP contribution is 2.22. The SMILES string of the molecule is Cc1ccc2nccc(C(=O)Nc3cnc4n3CCCC4)c2c1. The Morgan fingerprint density at radius 1 is 1.22 bits per heavy atom. The van der Waals surface area contributed by atoms with Gasteiger partial charge in [-0.05, 0) is 38.0 Å². The molecule has 0 bridgehead atoms. The molecule has 1 aliphatic heterocycles. The number of rotatable bonds is 2. The summed E-state index contributed by atoms with van der Waals surface area (Å²) < 4.78 is 2.11. The lowest BCUT2D eigenvalue weighted by atomic mass is 10.1. The van der Waals surface area contributed by atoms with Gasteiger partial charge in [0.25, 0.3) is 5.91 Å². The second-order valence-electron chi connectivity index (χ2n) is 6.00. The van der Waals surface area contributed by atoms with E-state index in [0.29, 0.717) is 5.56 Å². The van der Waals surface area contributed by atoms with E-state index in [1.165, 1.54) is 6.42 Å². The number of aryl methyl sites for hydroxylation is 2. The summed E-state index contributed by atoms with van der Waals surface area (Å²) in [4.78, 5) is 21.5. The molecule has 3 aromatic rings. The number of anilines is 1. The molecule has 0 fully saturated rings. The van der Waals surface area contributed by atoms with Crippen LogP contribution in [0.3, 0.4) is 0 Å². The van der Waals surface area contributed by atoms with E-state index in [4.69, 9.17) is 0 Å². The Balaban J connectivity index is 1.70. The number of pyridine rings is 1. The van der Waals surface area contributed by atoms with Crippen molar-refractivity contribution in [3.05, 3.63) is 53.6 Å². The second-order valence-corrected chi connectivity index (χ2v) is 6.00. The maximum Gasteiger partial charge on any atom is 0.257 e. The Morgan fingerprint density at radius 2 is 2.13 bits per heavy atom. The van der Waals surface area contributed by atoms with Gasteiger partial charge in [0.05, 0.1) is 17.3 Å². The number of aromatic nitrogens is 3. The second kappa shape index (κ2) is 5.50. The van der Waals surface area contributed by atoms with E-state index in [0.717, 1.165) is 47.5 Å². The summed E-state index contributed by atoms with van der Waals surface area (Å²) in [6, 6.07) is 7.72. The van der Waals surface area contributed by atoms with Gasteiger partial charge in [0.15, 0.2) is 0 Å². The molecule has 2 aromatic heterocycles. The fourth-order valence-electron chi connectivity index (χ4n) is 3.16. The average Bonchev–Trinajstić information content (AvgIpc) is 2.97. The molecule has 0 saturated heterocycles. The summed E-state index contributed by atoms with van der Waals surface area (Å²) in [5, 5.41) is 3.89. The van der Waals surface area contributed by atoms with E-state index in [2.05, 4.69) is 19.9 Å². The first-order valence-electron chi connectivity index (χ1n) is 7.93. The van der Waals surface area contributed by atoms with Crippen LogP contribution >= 0.6 is 0 Å². The third-order valence-corrected chi connectivity index (χ3v) is 4.35. The van der Waals surface area contributed by atoms with E-state index in [-0.39, 0.29) is 5.91 Å². The number of nitrogens with zero attached hydrogens (tertiary/aromatic N) is 3. The fourth-order valence-corrected chi connectivity index (χ4v) is 3.16. The van der Waals surface area contributed by atoms with Crippen LogP contribution in [-0.2, 0) is 13.0 Å². The first-order chi connectivity index (χ1) is 11.2. The summed E-state index contributed by atoms with van der Waals surface area (Å²) in [6.07, 6.45) is 6.71. The molecule has 0 spiro atoms. The maximum absolute atomic E-state index is 12.7. The standard InChI is InChI=1S/C18H18N4O/c1-12-5-6-15-14(10-12)13(7-8-19-15)18(23)21-17-11-20-16-4-2-3-9-22(16)17/h5-8,10-11H,2-4,9H2,1H3,(H,21,23). The van der Waals surface area contributed by atoms with E-state index in [1.807, 2.05) is 25.1 Å². The fraction of sp³-hybridized carbons (Fsp3) is 0.278. The van der Waals surface area contributed by atoms with E-state index >= 15 is 0 Å². The molecule has 0 atom stereocenters. The molecular weight excluding hydrogens is 288 g/mol. The molecule has 1 N–H and O–H groups in total. The number of fused-ring (bicyclic) bond motifs is 2. The zero-order chi connectivity index (χ0) is 15.8. The lowest BCUT2D eigenvalue weighted by Crippen LogP contribution is -2.18. The van der Waals surface area contributed by atoms with Crippen molar-refractivity contribution in [3.63, 3.8) is 0 Å². The van der Waals surface area contributed by atoms with Crippen molar-refractivity contribution in [2.75, 3.05) is 5.32 Å². The molecule has 23 heavy (non-hydrogen) atoms. The van der Waals surface area contributed by atoms with Gasteiger partial charge in [-0.2, -0.15) is 0 Å². The van der Waals surface area contributed by atoms with Crippen molar-refractivity contribution in [3.8, 4) is 0 Å². The number of hydrogen-bond acceptors (Lipinski definition) is 3. The van der Waals surface area contributed by atoms with Crippen LogP contribution in [0.4, 0.5) is 5.82 Å². The quantitative estimate of drug-likeness (QED) is 0.790. The Bertz CT molecular complexity index is 897. The number of carbonyl (C=O) groups is 1. The van der Waals surface area contributed by atoms with Crippen LogP contribution in [-0.4, -0.2) is 20.4 Å². The van der Waals surface area contributed by atoms with E-state index < -0.39 is 0 Å². The lowest BCUT2D eigenvalue weighted by molar-refractivity contribution is 0.102. The van der Waals surface area contributed by atoms with Crippen molar-refractivity contribution >= 4 is 22.6 Å². The first-order valence-corrected chi connectivity index (χ1v) is 7.93. The van der Waals surface area contributed by atoms with Crippen molar-refractivity contribution < 1.29 is 4.79 Å². The van der Waals surface area contributed by atoms with Crippen LogP contribution in [0.15, 0.2) is 36.7 Å². The highest BCUT2D eigenvalue weighted by molar-refractivity contribution is 6.12. The third kappa shape index (κ3) is 2.48. The molecule has 116 valence electrons. The molecule has 1 aromatic carbocycles. The van der Waals surface area contributed by atoms with E-state index in [1.54, 1.807) is 18.5 Å². The molecule has 0 aliphatic carbocycles. The van der Waals surface area contributed by atoms with Crippen molar-refractivity contribution in [2.24, 2.45) is 0 Å². The molecule has 0 unspecified atom stereocenters. The minimum atomic E-state index is -0.115. The van der Waals surface area contributed by atoms with Gasteiger partial charge in [-0.1, -0.05) is 11.6 Å². The van der Waals surface area contributed by atoms with Gasteiger partial charge in [-0.15, -0.1) is 0 Å². The van der Waals surface area contributed by atoms with E-state index in [9.17, 15) is 4.79 Å². The van der Waals surface area contributed by atoms with Gasteiger partial charge in [0.1, 0.15) is 11.6 Å². The normalized spacial score (nSPS) is 13.8. The van der Waals surface area contributed by atoms with Gasteiger partial charge in [0, 0.05) is 24.5 Å². The van der Waals surface area contributed by atoms with Crippen LogP contribution in [0, 0.1) is 6.92 Å². The van der Waals surface area contributed by atoms with Gasteiger partial charge >= 0.3 is 0 Å². The van der Waals surface area contributed by atoms with Crippen molar-refractivity contribution in [2.45, 2.75) is 32.7 Å². The molecule has 5 nitrogen and oxygen atoms in total. The van der Waals surface area contributed by atoms with Gasteiger partial charge in [-0.25, -0.2) is 4.98 Å². The van der Waals surface area contributed by atoms with Crippen LogP contribution in [0.2, 0.25) is 0 Å². The Labute approximate surface area is 134 Å². The lowest BCUT2D eigenvalue weighted by Gasteiger charge is -2.16. The predicted molar refractivity (Wildman–Crippen MR) is 89.6 cm³/mol. The summed E-state index contributed by atoms with van der Waals surface area (Å²) in [5.74, 6) is 1.72. The molecule has 1 amide bonds. The summed E-state index contributed by atoms with van der Waals surface area (Å²) >= 11 is 0. The largest absolute Gasteiger partial charge is 0.315 e. The maximum atomic E-state index is 12.7. The Hall–Kier alpha value is -2.69. The number of nitrogens with one attached hydrogen (secondary N) is 1. The highest BCUT2D eigenvalue weighted by Gasteiger charge is 2.17. The van der Waals surface area contributed by atoms with Gasteiger partial charge in [0.2, 0.25) is 0 Å². The summed E-state index contributed by atoms with van der Waals surface area (Å²) in [6.45, 7) is 2.93. The molecule has 0 radical (unpaired) electrons. The Kier molecular flexibility index (Phi) is 3.33. The van der Waals surface area contributed by atoms with Gasteiger partial charge in [-0.3, -0.25) is 9.78 Å². The predicted octanol–water partition coefficient (Wildman–Crippen LogP) is 3.33. The molecule has 4 rings (SSSR count). The van der Waals surface area contributed by atoms with Crippen LogP contribution in [0.25, 0.3) is 10.9 Å². The minimum Gasteiger partial charge on any atom is -0.315 e. The van der Waals surface area contributed by atoms with Crippen molar-refractivity contribution in [1.29, 1.82) is 0 Å². The zero-order valence-electron chi connectivity index (χ0n) is 13.0. The molecule has 5 heteroatoms. The minimum absolute atomic E-state index is 0.115. The number of carbonyl (C=O) groups excluding carboxylic acids is 1. The van der Waals surface area contributed by atoms with Crippen LogP contribution in [0.1, 0.15) is 34.6 Å². The third-order valence-electron chi connectivity index (χ3n) is 4.35. The average molecular weight is 306 g/mol. The number of amides is 1. The highest BCUT2D eigenvalue weighted by atomic mass is 16.1. The smallest absolute Gasteiger partial charge is 0.257 e. The monoisotopic (exact) mass is 306 g/mol. The number of hydrogen-bond donors (Lipinski definition) is 1. The van der Waals surface area contributed by atoms with Gasteiger partial charge < -0.3 is 9.88 Å². The summed E-state index contributed by atoms with van der Waals surface area (Å²) in [5.41, 5.74) is 2.59. The zero-order valence-corrected chi connectivity index (χ0v) is 13.0. The summed E-state index contributed by atoms with van der Waals surface area (Å²) in [7, 11) is 0. The Morgan fingerprint density at radius 3 is 3.04 bits per heavy atom. The number of imidazole rings is 1. The molecular formula is C18H18N4O. The molecule has 0 saturated carbocycles. The topological polar surface area (TPSA) is 59.8 Å². The molecule has 1 aliphatic rings. The molecule has 3 heterocycles. The van der Waals surface area contributed by atoms with Crippen LogP contribution in [0.5, 0.6) is 0 Å². The first kappa shape index (κ1) is 13.9. The van der Waals surface area contributed by atoms with Crippen molar-refractivity contribution in [1.82, 2.24) is 14.5 Å².